The molecule has 1 aromatic carbocycles. The van der Waals surface area contributed by atoms with Gasteiger partial charge in [-0.15, -0.1) is 0 Å². The molecule has 0 aliphatic carbocycles. The molecule has 0 saturated carbocycles. The van der Waals surface area contributed by atoms with Crippen LogP contribution in [-0.2, 0) is 9.59 Å². The highest BCUT2D eigenvalue weighted by atomic mass is 19.1. The predicted molar refractivity (Wildman–Crippen MR) is 78.5 cm³/mol. The summed E-state index contributed by atoms with van der Waals surface area (Å²) >= 11 is 0. The summed E-state index contributed by atoms with van der Waals surface area (Å²) in [7, 11) is 0. The third-order valence-electron chi connectivity index (χ3n) is 3.61. The second kappa shape index (κ2) is 5.32. The number of nitrogens with one attached hydrogen (secondary N) is 1. The summed E-state index contributed by atoms with van der Waals surface area (Å²) in [6.45, 7) is 3.57. The standard InChI is InChI=1S/C15H15FN4O2/c1-8(2)20-13(21)6-12(15(20)22)19-14-10-5-9(16)3-4-11(10)17-7-18-14/h3-5,7-8,12H,6H2,1-2H3,(H,17,18,19). The molecule has 3 rings (SSSR count). The van der Waals surface area contributed by atoms with E-state index in [-0.39, 0.29) is 24.3 Å². The minimum atomic E-state index is -0.684. The topological polar surface area (TPSA) is 75.2 Å². The van der Waals surface area contributed by atoms with E-state index >= 15 is 0 Å². The fourth-order valence-electron chi connectivity index (χ4n) is 2.62. The molecule has 7 heteroatoms. The molecule has 22 heavy (non-hydrogen) atoms. The number of benzene rings is 1. The van der Waals surface area contributed by atoms with E-state index in [0.717, 1.165) is 0 Å². The van der Waals surface area contributed by atoms with Gasteiger partial charge in [-0.2, -0.15) is 0 Å². The van der Waals surface area contributed by atoms with Crippen molar-refractivity contribution in [1.82, 2.24) is 14.9 Å². The minimum absolute atomic E-state index is 0.0673. The van der Waals surface area contributed by atoms with Crippen LogP contribution in [0.3, 0.4) is 0 Å². The lowest BCUT2D eigenvalue weighted by atomic mass is 10.2. The zero-order chi connectivity index (χ0) is 15.9. The van der Waals surface area contributed by atoms with Gasteiger partial charge >= 0.3 is 0 Å². The van der Waals surface area contributed by atoms with Crippen LogP contribution in [0.4, 0.5) is 10.2 Å². The number of amides is 2. The summed E-state index contributed by atoms with van der Waals surface area (Å²) in [6.07, 6.45) is 1.40. The van der Waals surface area contributed by atoms with Gasteiger partial charge in [0.15, 0.2) is 0 Å². The van der Waals surface area contributed by atoms with Gasteiger partial charge in [-0.05, 0) is 32.0 Å². The Morgan fingerprint density at radius 2 is 2.09 bits per heavy atom. The number of aromatic nitrogens is 2. The van der Waals surface area contributed by atoms with E-state index in [1.54, 1.807) is 19.9 Å². The van der Waals surface area contributed by atoms with E-state index in [9.17, 15) is 14.0 Å². The van der Waals surface area contributed by atoms with Crippen LogP contribution in [0.15, 0.2) is 24.5 Å². The molecule has 2 heterocycles. The number of hydrogen-bond acceptors (Lipinski definition) is 5. The Bertz CT molecular complexity index is 762. The zero-order valence-corrected chi connectivity index (χ0v) is 12.2. The monoisotopic (exact) mass is 302 g/mol. The van der Waals surface area contributed by atoms with E-state index in [2.05, 4.69) is 15.3 Å². The first-order valence-electron chi connectivity index (χ1n) is 7.00. The summed E-state index contributed by atoms with van der Waals surface area (Å²) in [5.41, 5.74) is 0.566. The highest BCUT2D eigenvalue weighted by molar-refractivity contribution is 6.07. The number of carbonyl (C=O) groups excluding carboxylic acids is 2. The predicted octanol–water partition coefficient (Wildman–Crippen LogP) is 1.72. The summed E-state index contributed by atoms with van der Waals surface area (Å²) in [5.74, 6) is -0.575. The smallest absolute Gasteiger partial charge is 0.252 e. The molecule has 1 atom stereocenters. The number of hydrogen-bond donors (Lipinski definition) is 1. The van der Waals surface area contributed by atoms with Crippen LogP contribution >= 0.6 is 0 Å². The van der Waals surface area contributed by atoms with Crippen molar-refractivity contribution in [2.45, 2.75) is 32.4 Å². The normalized spacial score (nSPS) is 18.5. The van der Waals surface area contributed by atoms with Crippen molar-refractivity contribution >= 4 is 28.5 Å². The summed E-state index contributed by atoms with van der Waals surface area (Å²) < 4.78 is 13.4. The number of carbonyl (C=O) groups is 2. The van der Waals surface area contributed by atoms with E-state index in [4.69, 9.17) is 0 Å². The first kappa shape index (κ1) is 14.4. The molecule has 1 N–H and O–H groups in total. The van der Waals surface area contributed by atoms with Crippen molar-refractivity contribution in [2.24, 2.45) is 0 Å². The highest BCUT2D eigenvalue weighted by Crippen LogP contribution is 2.24. The zero-order valence-electron chi connectivity index (χ0n) is 12.2. The second-order valence-electron chi connectivity index (χ2n) is 5.48. The van der Waals surface area contributed by atoms with E-state index in [0.29, 0.717) is 16.7 Å². The average Bonchev–Trinajstić information content (AvgIpc) is 2.74. The van der Waals surface area contributed by atoms with Crippen LogP contribution in [-0.4, -0.2) is 38.8 Å². The Morgan fingerprint density at radius 3 is 2.77 bits per heavy atom. The van der Waals surface area contributed by atoms with Gasteiger partial charge in [0.05, 0.1) is 11.9 Å². The van der Waals surface area contributed by atoms with E-state index in [1.807, 2.05) is 0 Å². The molecule has 6 nitrogen and oxygen atoms in total. The van der Waals surface area contributed by atoms with Crippen LogP contribution in [0.2, 0.25) is 0 Å². The van der Waals surface area contributed by atoms with Gasteiger partial charge in [0, 0.05) is 11.4 Å². The highest BCUT2D eigenvalue weighted by Gasteiger charge is 2.40. The van der Waals surface area contributed by atoms with Gasteiger partial charge < -0.3 is 5.32 Å². The first-order chi connectivity index (χ1) is 10.5. The Hall–Kier alpha value is -2.57. The number of fused-ring (bicyclic) bond motifs is 1. The fraction of sp³-hybridized carbons (Fsp3) is 0.333. The molecule has 1 aliphatic heterocycles. The van der Waals surface area contributed by atoms with Gasteiger partial charge in [0.25, 0.3) is 5.91 Å². The van der Waals surface area contributed by atoms with Gasteiger partial charge in [-0.1, -0.05) is 0 Å². The van der Waals surface area contributed by atoms with E-state index < -0.39 is 11.9 Å². The number of likely N-dealkylation sites (tertiary alicyclic amines) is 1. The molecule has 0 radical (unpaired) electrons. The van der Waals surface area contributed by atoms with Crippen LogP contribution < -0.4 is 5.32 Å². The van der Waals surface area contributed by atoms with E-state index in [1.165, 1.54) is 23.4 Å². The Morgan fingerprint density at radius 1 is 1.32 bits per heavy atom. The molecule has 1 fully saturated rings. The van der Waals surface area contributed by atoms with Crippen LogP contribution in [0, 0.1) is 5.82 Å². The van der Waals surface area contributed by atoms with Crippen molar-refractivity contribution < 1.29 is 14.0 Å². The molecule has 2 amide bonds. The SMILES string of the molecule is CC(C)N1C(=O)CC(Nc2ncnc3ccc(F)cc23)C1=O. The molecule has 114 valence electrons. The molecule has 0 spiro atoms. The van der Waals surface area contributed by atoms with Gasteiger partial charge in [-0.3, -0.25) is 14.5 Å². The second-order valence-corrected chi connectivity index (χ2v) is 5.48. The summed E-state index contributed by atoms with van der Waals surface area (Å²) in [5, 5.41) is 3.42. The number of anilines is 1. The number of imide groups is 1. The largest absolute Gasteiger partial charge is 0.357 e. The third kappa shape index (κ3) is 2.38. The van der Waals surface area contributed by atoms with Gasteiger partial charge in [0.2, 0.25) is 5.91 Å². The molecule has 1 unspecified atom stereocenters. The molecular weight excluding hydrogens is 287 g/mol. The van der Waals surface area contributed by atoms with Crippen LogP contribution in [0.1, 0.15) is 20.3 Å². The third-order valence-corrected chi connectivity index (χ3v) is 3.61. The lowest BCUT2D eigenvalue weighted by molar-refractivity contribution is -0.140. The van der Waals surface area contributed by atoms with Crippen molar-refractivity contribution in [3.8, 4) is 0 Å². The van der Waals surface area contributed by atoms with Crippen molar-refractivity contribution in [3.05, 3.63) is 30.3 Å². The van der Waals surface area contributed by atoms with Gasteiger partial charge in [0.1, 0.15) is 24.0 Å². The molecular formula is C15H15FN4O2. The van der Waals surface area contributed by atoms with Gasteiger partial charge in [-0.25, -0.2) is 14.4 Å². The lowest BCUT2D eigenvalue weighted by Crippen LogP contribution is -2.39. The first-order valence-corrected chi connectivity index (χ1v) is 7.00. The Labute approximate surface area is 126 Å². The maximum Gasteiger partial charge on any atom is 0.252 e. The van der Waals surface area contributed by atoms with Crippen molar-refractivity contribution in [1.29, 1.82) is 0 Å². The summed E-state index contributed by atoms with van der Waals surface area (Å²) in [6, 6.07) is 3.28. The maximum atomic E-state index is 13.4. The van der Waals surface area contributed by atoms with Crippen molar-refractivity contribution in [2.75, 3.05) is 5.32 Å². The Balaban J connectivity index is 1.93. The maximum absolute atomic E-state index is 13.4. The number of halogens is 1. The van der Waals surface area contributed by atoms with Crippen molar-refractivity contribution in [3.63, 3.8) is 0 Å². The minimum Gasteiger partial charge on any atom is -0.357 e. The Kier molecular flexibility index (Phi) is 3.48. The number of rotatable bonds is 3. The molecule has 2 aromatic rings. The van der Waals surface area contributed by atoms with Crippen LogP contribution in [0.25, 0.3) is 10.9 Å². The molecule has 1 saturated heterocycles. The molecule has 1 aliphatic rings. The average molecular weight is 302 g/mol. The molecule has 0 bridgehead atoms. The number of nitrogens with zero attached hydrogens (tertiary/aromatic N) is 3. The van der Waals surface area contributed by atoms with Crippen LogP contribution in [0.5, 0.6) is 0 Å². The molecule has 1 aromatic heterocycles. The quantitative estimate of drug-likeness (QED) is 0.874. The lowest BCUT2D eigenvalue weighted by Gasteiger charge is -2.19. The fourth-order valence-corrected chi connectivity index (χ4v) is 2.62. The summed E-state index contributed by atoms with van der Waals surface area (Å²) in [4.78, 5) is 33.6.